The SMILES string of the molecule is CCC1CCC(N(C)C(=O)c2ccc3c(c2)CNC3)CC1. The molecule has 21 heavy (non-hydrogen) atoms. The third kappa shape index (κ3) is 2.98. The van der Waals surface area contributed by atoms with Crippen LogP contribution < -0.4 is 5.32 Å². The van der Waals surface area contributed by atoms with Crippen molar-refractivity contribution in [3.63, 3.8) is 0 Å². The maximum absolute atomic E-state index is 12.7. The number of rotatable bonds is 3. The molecule has 1 fully saturated rings. The van der Waals surface area contributed by atoms with Crippen LogP contribution in [0.15, 0.2) is 18.2 Å². The molecule has 1 heterocycles. The zero-order valence-corrected chi connectivity index (χ0v) is 13.2. The van der Waals surface area contributed by atoms with Crippen LogP contribution in [0.2, 0.25) is 0 Å². The van der Waals surface area contributed by atoms with Crippen LogP contribution in [0.4, 0.5) is 0 Å². The van der Waals surface area contributed by atoms with Crippen molar-refractivity contribution in [2.24, 2.45) is 5.92 Å². The van der Waals surface area contributed by atoms with Crippen molar-refractivity contribution in [2.75, 3.05) is 7.05 Å². The number of nitrogens with zero attached hydrogens (tertiary/aromatic N) is 1. The van der Waals surface area contributed by atoms with Gasteiger partial charge < -0.3 is 10.2 Å². The fraction of sp³-hybridized carbons (Fsp3) is 0.611. The first-order chi connectivity index (χ1) is 10.2. The Hall–Kier alpha value is -1.35. The Kier molecular flexibility index (Phi) is 4.29. The second kappa shape index (κ2) is 6.18. The zero-order chi connectivity index (χ0) is 14.8. The summed E-state index contributed by atoms with van der Waals surface area (Å²) < 4.78 is 0. The molecule has 1 aliphatic carbocycles. The number of fused-ring (bicyclic) bond motifs is 1. The van der Waals surface area contributed by atoms with E-state index < -0.39 is 0 Å². The third-order valence-corrected chi connectivity index (χ3v) is 5.35. The lowest BCUT2D eigenvalue weighted by atomic mass is 9.84. The molecule has 0 aromatic heterocycles. The van der Waals surface area contributed by atoms with E-state index in [1.54, 1.807) is 0 Å². The van der Waals surface area contributed by atoms with Crippen molar-refractivity contribution in [1.29, 1.82) is 0 Å². The first-order valence-electron chi connectivity index (χ1n) is 8.28. The predicted molar refractivity (Wildman–Crippen MR) is 85.1 cm³/mol. The van der Waals surface area contributed by atoms with E-state index in [9.17, 15) is 4.79 Å². The number of benzene rings is 1. The Morgan fingerprint density at radius 2 is 1.90 bits per heavy atom. The lowest BCUT2D eigenvalue weighted by Crippen LogP contribution is -2.39. The zero-order valence-electron chi connectivity index (χ0n) is 13.2. The van der Waals surface area contributed by atoms with E-state index in [2.05, 4.69) is 24.4 Å². The van der Waals surface area contributed by atoms with E-state index in [1.165, 1.54) is 30.4 Å². The number of amides is 1. The van der Waals surface area contributed by atoms with Crippen molar-refractivity contribution in [3.8, 4) is 0 Å². The molecule has 2 aliphatic rings. The van der Waals surface area contributed by atoms with Crippen molar-refractivity contribution < 1.29 is 4.79 Å². The van der Waals surface area contributed by atoms with Gasteiger partial charge in [0.15, 0.2) is 0 Å². The van der Waals surface area contributed by atoms with Crippen LogP contribution in [0.25, 0.3) is 0 Å². The van der Waals surface area contributed by atoms with E-state index in [4.69, 9.17) is 0 Å². The number of carbonyl (C=O) groups excluding carboxylic acids is 1. The highest BCUT2D eigenvalue weighted by Crippen LogP contribution is 2.29. The molecule has 1 saturated carbocycles. The Morgan fingerprint density at radius 1 is 1.19 bits per heavy atom. The molecule has 0 unspecified atom stereocenters. The van der Waals surface area contributed by atoms with Gasteiger partial charge in [-0.05, 0) is 54.9 Å². The summed E-state index contributed by atoms with van der Waals surface area (Å²) in [5, 5.41) is 3.33. The van der Waals surface area contributed by atoms with Crippen molar-refractivity contribution in [3.05, 3.63) is 34.9 Å². The van der Waals surface area contributed by atoms with Crippen LogP contribution in [0.1, 0.15) is 60.5 Å². The highest BCUT2D eigenvalue weighted by Gasteiger charge is 2.26. The average Bonchev–Trinajstić information content (AvgIpc) is 3.01. The normalized spacial score (nSPS) is 24.7. The number of carbonyl (C=O) groups is 1. The van der Waals surface area contributed by atoms with E-state index in [0.717, 1.165) is 37.4 Å². The quantitative estimate of drug-likeness (QED) is 0.924. The first kappa shape index (κ1) is 14.6. The monoisotopic (exact) mass is 286 g/mol. The summed E-state index contributed by atoms with van der Waals surface area (Å²) >= 11 is 0. The second-order valence-corrected chi connectivity index (χ2v) is 6.59. The fourth-order valence-electron chi connectivity index (χ4n) is 3.74. The maximum Gasteiger partial charge on any atom is 0.253 e. The molecule has 0 spiro atoms. The number of hydrogen-bond donors (Lipinski definition) is 1. The smallest absolute Gasteiger partial charge is 0.253 e. The highest BCUT2D eigenvalue weighted by atomic mass is 16.2. The molecule has 1 aromatic rings. The molecule has 0 bridgehead atoms. The van der Waals surface area contributed by atoms with E-state index in [1.807, 2.05) is 18.0 Å². The van der Waals surface area contributed by atoms with Gasteiger partial charge in [0.05, 0.1) is 0 Å². The van der Waals surface area contributed by atoms with Gasteiger partial charge in [0.2, 0.25) is 0 Å². The van der Waals surface area contributed by atoms with Crippen LogP contribution in [-0.2, 0) is 13.1 Å². The summed E-state index contributed by atoms with van der Waals surface area (Å²) in [5.41, 5.74) is 3.46. The van der Waals surface area contributed by atoms with Gasteiger partial charge in [0.25, 0.3) is 5.91 Å². The van der Waals surface area contributed by atoms with Crippen LogP contribution in [0, 0.1) is 5.92 Å². The molecule has 3 rings (SSSR count). The van der Waals surface area contributed by atoms with Gasteiger partial charge in [-0.3, -0.25) is 4.79 Å². The standard InChI is InChI=1S/C18H26N2O/c1-3-13-4-8-17(9-5-13)20(2)18(21)14-6-7-15-11-19-12-16(15)10-14/h6-7,10,13,17,19H,3-5,8-9,11-12H2,1-2H3. The lowest BCUT2D eigenvalue weighted by Gasteiger charge is -2.34. The number of hydrogen-bond acceptors (Lipinski definition) is 2. The third-order valence-electron chi connectivity index (χ3n) is 5.35. The molecule has 0 atom stereocenters. The summed E-state index contributed by atoms with van der Waals surface area (Å²) in [6.07, 6.45) is 6.14. The molecular weight excluding hydrogens is 260 g/mol. The van der Waals surface area contributed by atoms with Crippen LogP contribution in [0.3, 0.4) is 0 Å². The van der Waals surface area contributed by atoms with Crippen LogP contribution >= 0.6 is 0 Å². The summed E-state index contributed by atoms with van der Waals surface area (Å²) in [7, 11) is 1.98. The molecule has 1 amide bonds. The molecule has 0 saturated heterocycles. The molecule has 114 valence electrons. The summed E-state index contributed by atoms with van der Waals surface area (Å²) in [6.45, 7) is 4.10. The minimum Gasteiger partial charge on any atom is -0.339 e. The lowest BCUT2D eigenvalue weighted by molar-refractivity contribution is 0.0674. The molecule has 3 heteroatoms. The molecule has 1 N–H and O–H groups in total. The largest absolute Gasteiger partial charge is 0.339 e. The van der Waals surface area contributed by atoms with Crippen molar-refractivity contribution in [1.82, 2.24) is 10.2 Å². The van der Waals surface area contributed by atoms with E-state index in [0.29, 0.717) is 6.04 Å². The Balaban J connectivity index is 1.67. The average molecular weight is 286 g/mol. The maximum atomic E-state index is 12.7. The van der Waals surface area contributed by atoms with Crippen LogP contribution in [0.5, 0.6) is 0 Å². The second-order valence-electron chi connectivity index (χ2n) is 6.59. The van der Waals surface area contributed by atoms with Gasteiger partial charge in [-0.1, -0.05) is 19.4 Å². The van der Waals surface area contributed by atoms with Gasteiger partial charge in [0.1, 0.15) is 0 Å². The molecule has 1 aliphatic heterocycles. The molecule has 0 radical (unpaired) electrons. The van der Waals surface area contributed by atoms with E-state index >= 15 is 0 Å². The topological polar surface area (TPSA) is 32.3 Å². The molecular formula is C18H26N2O. The Labute approximate surface area is 127 Å². The molecule has 1 aromatic carbocycles. The Morgan fingerprint density at radius 3 is 2.62 bits per heavy atom. The van der Waals surface area contributed by atoms with Crippen molar-refractivity contribution in [2.45, 2.75) is 58.2 Å². The summed E-state index contributed by atoms with van der Waals surface area (Å²) in [6, 6.07) is 6.59. The minimum atomic E-state index is 0.185. The Bertz CT molecular complexity index is 518. The highest BCUT2D eigenvalue weighted by molar-refractivity contribution is 5.94. The van der Waals surface area contributed by atoms with Gasteiger partial charge in [-0.2, -0.15) is 0 Å². The summed E-state index contributed by atoms with van der Waals surface area (Å²) in [5.74, 6) is 1.06. The van der Waals surface area contributed by atoms with Crippen LogP contribution in [-0.4, -0.2) is 23.9 Å². The fourth-order valence-corrected chi connectivity index (χ4v) is 3.74. The summed E-state index contributed by atoms with van der Waals surface area (Å²) in [4.78, 5) is 14.7. The number of nitrogens with one attached hydrogen (secondary N) is 1. The molecule has 3 nitrogen and oxygen atoms in total. The van der Waals surface area contributed by atoms with Gasteiger partial charge in [-0.25, -0.2) is 0 Å². The van der Waals surface area contributed by atoms with Gasteiger partial charge in [-0.15, -0.1) is 0 Å². The van der Waals surface area contributed by atoms with E-state index in [-0.39, 0.29) is 5.91 Å². The van der Waals surface area contributed by atoms with Crippen molar-refractivity contribution >= 4 is 5.91 Å². The van der Waals surface area contributed by atoms with Gasteiger partial charge >= 0.3 is 0 Å². The minimum absolute atomic E-state index is 0.185. The predicted octanol–water partition coefficient (Wildman–Crippen LogP) is 3.33. The first-order valence-corrected chi connectivity index (χ1v) is 8.28. The van der Waals surface area contributed by atoms with Gasteiger partial charge in [0, 0.05) is 31.7 Å².